The minimum absolute atomic E-state index is 0.0777. The Hall–Kier alpha value is -3.15. The summed E-state index contributed by atoms with van der Waals surface area (Å²) >= 11 is 0. The second-order valence-electron chi connectivity index (χ2n) is 7.00. The second-order valence-corrected chi connectivity index (χ2v) is 7.00. The van der Waals surface area contributed by atoms with E-state index in [2.05, 4.69) is 5.32 Å². The molecule has 0 unspecified atom stereocenters. The zero-order valence-electron chi connectivity index (χ0n) is 15.6. The Morgan fingerprint density at radius 2 is 1.54 bits per heavy atom. The van der Waals surface area contributed by atoms with E-state index in [0.717, 1.165) is 5.56 Å². The molecule has 0 saturated carbocycles. The molecule has 1 aliphatic heterocycles. The Balaban J connectivity index is 1.69. The maximum atomic E-state index is 12.8. The molecule has 1 saturated heterocycles. The van der Waals surface area contributed by atoms with Gasteiger partial charge in [0.15, 0.2) is 0 Å². The largest absolute Gasteiger partial charge is 0.481 e. The number of hydrogen-bond donors (Lipinski definition) is 2. The quantitative estimate of drug-likeness (QED) is 0.807. The number of benzene rings is 2. The number of nitrogens with zero attached hydrogens (tertiary/aromatic N) is 1. The van der Waals surface area contributed by atoms with Crippen LogP contribution in [-0.2, 0) is 9.59 Å². The van der Waals surface area contributed by atoms with E-state index >= 15 is 0 Å². The zero-order valence-corrected chi connectivity index (χ0v) is 15.6. The summed E-state index contributed by atoms with van der Waals surface area (Å²) < 4.78 is 0. The first kappa shape index (κ1) is 19.6. The van der Waals surface area contributed by atoms with Crippen LogP contribution in [0.3, 0.4) is 0 Å². The van der Waals surface area contributed by atoms with Crippen LogP contribution < -0.4 is 5.32 Å². The summed E-state index contributed by atoms with van der Waals surface area (Å²) in [5.41, 5.74) is 1.40. The highest BCUT2D eigenvalue weighted by molar-refractivity contribution is 5.94. The minimum atomic E-state index is -0.801. The molecule has 0 bridgehead atoms. The Kier molecular flexibility index (Phi) is 6.42. The van der Waals surface area contributed by atoms with Crippen LogP contribution in [0.1, 0.15) is 41.2 Å². The molecule has 28 heavy (non-hydrogen) atoms. The molecule has 1 fully saturated rings. The molecule has 2 aromatic carbocycles. The lowest BCUT2D eigenvalue weighted by atomic mass is 9.96. The normalized spacial score (nSPS) is 15.6. The summed E-state index contributed by atoms with van der Waals surface area (Å²) in [6.45, 7) is 0.869. The molecule has 2 aromatic rings. The van der Waals surface area contributed by atoms with Crippen molar-refractivity contribution in [1.29, 1.82) is 0 Å². The van der Waals surface area contributed by atoms with Crippen molar-refractivity contribution < 1.29 is 19.5 Å². The predicted molar refractivity (Wildman–Crippen MR) is 105 cm³/mol. The van der Waals surface area contributed by atoms with E-state index in [4.69, 9.17) is 5.11 Å². The van der Waals surface area contributed by atoms with Gasteiger partial charge in [-0.15, -0.1) is 0 Å². The van der Waals surface area contributed by atoms with Gasteiger partial charge in [0, 0.05) is 18.7 Å². The summed E-state index contributed by atoms with van der Waals surface area (Å²) in [5, 5.41) is 12.1. The average Bonchev–Trinajstić information content (AvgIpc) is 2.74. The lowest BCUT2D eigenvalue weighted by molar-refractivity contribution is -0.145. The molecule has 0 radical (unpaired) electrons. The first-order valence-corrected chi connectivity index (χ1v) is 9.46. The third kappa shape index (κ3) is 4.97. The number of nitrogens with one attached hydrogen (secondary N) is 1. The van der Waals surface area contributed by atoms with Crippen molar-refractivity contribution in [2.45, 2.75) is 25.3 Å². The molecular formula is C22H24N2O4. The van der Waals surface area contributed by atoms with E-state index in [1.54, 1.807) is 29.2 Å². The SMILES string of the molecule is O=C(N[C@H](CC(=O)N1CCC(C(=O)O)CC1)c1ccccc1)c1ccccc1. The average molecular weight is 380 g/mol. The standard InChI is InChI=1S/C22H24N2O4/c25-20(24-13-11-18(12-14-24)22(27)28)15-19(16-7-3-1-4-8-16)23-21(26)17-9-5-2-6-10-17/h1-10,18-19H,11-15H2,(H,23,26)(H,27,28)/t19-/m1/s1. The van der Waals surface area contributed by atoms with Crippen LogP contribution in [0.15, 0.2) is 60.7 Å². The molecule has 3 rings (SSSR count). The van der Waals surface area contributed by atoms with Crippen LogP contribution in [0.2, 0.25) is 0 Å². The monoisotopic (exact) mass is 380 g/mol. The van der Waals surface area contributed by atoms with Crippen molar-refractivity contribution in [3.05, 3.63) is 71.8 Å². The Morgan fingerprint density at radius 1 is 0.964 bits per heavy atom. The number of amides is 2. The van der Waals surface area contributed by atoms with Crippen LogP contribution in [0, 0.1) is 5.92 Å². The molecule has 0 spiro atoms. The van der Waals surface area contributed by atoms with Crippen LogP contribution >= 0.6 is 0 Å². The maximum absolute atomic E-state index is 12.8. The van der Waals surface area contributed by atoms with Gasteiger partial charge < -0.3 is 15.3 Å². The van der Waals surface area contributed by atoms with E-state index in [0.29, 0.717) is 31.5 Å². The van der Waals surface area contributed by atoms with Crippen molar-refractivity contribution in [3.8, 4) is 0 Å². The van der Waals surface area contributed by atoms with Gasteiger partial charge in [-0.2, -0.15) is 0 Å². The number of rotatable bonds is 6. The van der Waals surface area contributed by atoms with Crippen molar-refractivity contribution in [3.63, 3.8) is 0 Å². The number of aliphatic carboxylic acids is 1. The molecule has 2 N–H and O–H groups in total. The van der Waals surface area contributed by atoms with Crippen molar-refractivity contribution in [2.75, 3.05) is 13.1 Å². The van der Waals surface area contributed by atoms with Gasteiger partial charge >= 0.3 is 5.97 Å². The van der Waals surface area contributed by atoms with Crippen LogP contribution in [0.25, 0.3) is 0 Å². The minimum Gasteiger partial charge on any atom is -0.481 e. The summed E-state index contributed by atoms with van der Waals surface area (Å²) in [7, 11) is 0. The zero-order chi connectivity index (χ0) is 19.9. The van der Waals surface area contributed by atoms with Crippen LogP contribution in [0.5, 0.6) is 0 Å². The topological polar surface area (TPSA) is 86.7 Å². The fourth-order valence-electron chi connectivity index (χ4n) is 3.45. The van der Waals surface area contributed by atoms with Gasteiger partial charge in [-0.1, -0.05) is 48.5 Å². The number of piperidine rings is 1. The fourth-order valence-corrected chi connectivity index (χ4v) is 3.45. The fraction of sp³-hybridized carbons (Fsp3) is 0.318. The molecular weight excluding hydrogens is 356 g/mol. The van der Waals surface area contributed by atoms with Gasteiger partial charge in [-0.3, -0.25) is 14.4 Å². The lowest BCUT2D eigenvalue weighted by Crippen LogP contribution is -2.42. The first-order chi connectivity index (χ1) is 13.5. The molecule has 1 aliphatic rings. The Morgan fingerprint density at radius 3 is 2.11 bits per heavy atom. The van der Waals surface area contributed by atoms with Crippen molar-refractivity contribution in [2.24, 2.45) is 5.92 Å². The summed E-state index contributed by atoms with van der Waals surface area (Å²) in [6.07, 6.45) is 1.07. The van der Waals surface area contributed by atoms with Gasteiger partial charge in [0.25, 0.3) is 5.91 Å². The van der Waals surface area contributed by atoms with Crippen LogP contribution in [0.4, 0.5) is 0 Å². The number of likely N-dealkylation sites (tertiary alicyclic amines) is 1. The van der Waals surface area contributed by atoms with E-state index in [-0.39, 0.29) is 24.2 Å². The molecule has 0 aliphatic carbocycles. The third-order valence-corrected chi connectivity index (χ3v) is 5.12. The molecule has 1 heterocycles. The summed E-state index contributed by atoms with van der Waals surface area (Å²) in [5.74, 6) is -1.49. The molecule has 146 valence electrons. The highest BCUT2D eigenvalue weighted by Gasteiger charge is 2.29. The van der Waals surface area contributed by atoms with Crippen molar-refractivity contribution in [1.82, 2.24) is 10.2 Å². The smallest absolute Gasteiger partial charge is 0.306 e. The second kappa shape index (κ2) is 9.17. The van der Waals surface area contributed by atoms with E-state index < -0.39 is 12.0 Å². The Bertz CT molecular complexity index is 815. The molecule has 6 nitrogen and oxygen atoms in total. The van der Waals surface area contributed by atoms with E-state index in [1.807, 2.05) is 36.4 Å². The van der Waals surface area contributed by atoms with Gasteiger partial charge in [0.1, 0.15) is 0 Å². The van der Waals surface area contributed by atoms with Crippen LogP contribution in [-0.4, -0.2) is 40.9 Å². The highest BCUT2D eigenvalue weighted by atomic mass is 16.4. The molecule has 6 heteroatoms. The predicted octanol–water partition coefficient (Wildman–Crippen LogP) is 2.87. The first-order valence-electron chi connectivity index (χ1n) is 9.46. The Labute approximate surface area is 164 Å². The van der Waals surface area contributed by atoms with Crippen molar-refractivity contribution >= 4 is 17.8 Å². The number of carbonyl (C=O) groups excluding carboxylic acids is 2. The maximum Gasteiger partial charge on any atom is 0.306 e. The molecule has 1 atom stereocenters. The van der Waals surface area contributed by atoms with Gasteiger partial charge in [0.2, 0.25) is 5.91 Å². The summed E-state index contributed by atoms with van der Waals surface area (Å²) in [6, 6.07) is 17.9. The number of hydrogen-bond acceptors (Lipinski definition) is 3. The number of carboxylic acid groups (broad SMARTS) is 1. The highest BCUT2D eigenvalue weighted by Crippen LogP contribution is 2.22. The van der Waals surface area contributed by atoms with E-state index in [1.165, 1.54) is 0 Å². The van der Waals surface area contributed by atoms with E-state index in [9.17, 15) is 14.4 Å². The molecule has 2 amide bonds. The lowest BCUT2D eigenvalue weighted by Gasteiger charge is -2.31. The van der Waals surface area contributed by atoms with Gasteiger partial charge in [-0.25, -0.2) is 0 Å². The molecule has 0 aromatic heterocycles. The third-order valence-electron chi connectivity index (χ3n) is 5.12. The number of carboxylic acids is 1. The van der Waals surface area contributed by atoms with Gasteiger partial charge in [0.05, 0.1) is 18.4 Å². The summed E-state index contributed by atoms with van der Waals surface area (Å²) in [4.78, 5) is 38.2. The van der Waals surface area contributed by atoms with Gasteiger partial charge in [-0.05, 0) is 30.5 Å². The number of carbonyl (C=O) groups is 3.